The third kappa shape index (κ3) is 8.51. The maximum atomic E-state index is 13.9. The molecule has 0 radical (unpaired) electrons. The van der Waals surface area contributed by atoms with Gasteiger partial charge in [0.05, 0.1) is 5.02 Å². The first kappa shape index (κ1) is 32.8. The van der Waals surface area contributed by atoms with Crippen LogP contribution in [0.5, 0.6) is 11.5 Å². The van der Waals surface area contributed by atoms with Crippen LogP contribution in [0, 0.1) is 17.3 Å². The van der Waals surface area contributed by atoms with E-state index in [-0.39, 0.29) is 28.9 Å². The van der Waals surface area contributed by atoms with E-state index in [2.05, 4.69) is 26.5 Å². The van der Waals surface area contributed by atoms with Crippen molar-refractivity contribution in [1.29, 1.82) is 0 Å². The lowest BCUT2D eigenvalue weighted by Gasteiger charge is -2.37. The van der Waals surface area contributed by atoms with Crippen LogP contribution in [0.25, 0.3) is 0 Å². The van der Waals surface area contributed by atoms with Crippen molar-refractivity contribution < 1.29 is 19.1 Å². The number of carbonyl (C=O) groups excluding carboxylic acids is 2. The monoisotopic (exact) mass is 624 g/mol. The van der Waals surface area contributed by atoms with Gasteiger partial charge in [0.25, 0.3) is 5.91 Å². The van der Waals surface area contributed by atoms with Gasteiger partial charge in [-0.1, -0.05) is 68.3 Å². The van der Waals surface area contributed by atoms with E-state index in [9.17, 15) is 9.59 Å². The lowest BCUT2D eigenvalue weighted by molar-refractivity contribution is -0.120. The molecule has 2 aliphatic heterocycles. The van der Waals surface area contributed by atoms with Gasteiger partial charge < -0.3 is 14.4 Å². The van der Waals surface area contributed by atoms with E-state index < -0.39 is 0 Å². The minimum Gasteiger partial charge on any atom is -0.486 e. The van der Waals surface area contributed by atoms with Gasteiger partial charge in [-0.05, 0) is 74.3 Å². The molecule has 43 heavy (non-hydrogen) atoms. The number of hydrogen-bond donors (Lipinski definition) is 0. The van der Waals surface area contributed by atoms with Gasteiger partial charge in [-0.3, -0.25) is 14.6 Å². The van der Waals surface area contributed by atoms with E-state index in [1.165, 1.54) is 0 Å². The number of Topliss-reactive ketones (excluding diaryl/α,β-unsaturated/α-hetero) is 1. The predicted octanol–water partition coefficient (Wildman–Crippen LogP) is 8.40. The second kappa shape index (κ2) is 15.1. The number of ketones is 1. The van der Waals surface area contributed by atoms with Crippen molar-refractivity contribution in [3.63, 3.8) is 0 Å². The molecule has 4 rings (SSSR count). The predicted molar refractivity (Wildman–Crippen MR) is 175 cm³/mol. The maximum Gasteiger partial charge on any atom is 0.254 e. The second-order valence-corrected chi connectivity index (χ2v) is 12.6. The molecule has 8 heteroatoms. The number of amides is 1. The summed E-state index contributed by atoms with van der Waals surface area (Å²) in [5.74, 6) is 0.725. The fourth-order valence-corrected chi connectivity index (χ4v) is 6.13. The summed E-state index contributed by atoms with van der Waals surface area (Å²) in [6.07, 6.45) is 10.1. The van der Waals surface area contributed by atoms with E-state index in [0.29, 0.717) is 78.4 Å². The van der Waals surface area contributed by atoms with Crippen LogP contribution in [0.3, 0.4) is 0 Å². The summed E-state index contributed by atoms with van der Waals surface area (Å²) >= 11 is 12.6. The number of fused-ring (bicyclic) bond motifs is 1. The SMILES string of the molecule is C=CC1(C)CCC(C(=O)C(=CCC)N=CC(CC)Cc2cccc(Cl)c2)CCN(C(=O)c2cc(Cl)c3c(c2)OCCO3)C1. The summed E-state index contributed by atoms with van der Waals surface area (Å²) in [7, 11) is 0. The average molecular weight is 626 g/mol. The van der Waals surface area contributed by atoms with Crippen molar-refractivity contribution in [2.45, 2.75) is 59.3 Å². The number of benzene rings is 2. The Labute approximate surface area is 265 Å². The molecule has 0 N–H and O–H groups in total. The van der Waals surface area contributed by atoms with Gasteiger partial charge in [0.2, 0.25) is 0 Å². The summed E-state index contributed by atoms with van der Waals surface area (Å²) in [5, 5.41) is 1.06. The number of likely N-dealkylation sites (tertiary alicyclic amines) is 1. The first-order chi connectivity index (χ1) is 20.7. The van der Waals surface area contributed by atoms with Gasteiger partial charge in [-0.2, -0.15) is 0 Å². The topological polar surface area (TPSA) is 68.2 Å². The molecule has 2 heterocycles. The van der Waals surface area contributed by atoms with Crippen molar-refractivity contribution in [2.75, 3.05) is 26.3 Å². The van der Waals surface area contributed by atoms with E-state index in [1.807, 2.05) is 48.4 Å². The van der Waals surface area contributed by atoms with Crippen LogP contribution in [0.2, 0.25) is 10.0 Å². The van der Waals surface area contributed by atoms with Gasteiger partial charge in [0, 0.05) is 41.2 Å². The number of ether oxygens (including phenoxy) is 2. The van der Waals surface area contributed by atoms with Crippen molar-refractivity contribution in [1.82, 2.24) is 4.90 Å². The normalized spacial score (nSPS) is 21.7. The Morgan fingerprint density at radius 1 is 1.16 bits per heavy atom. The molecule has 0 aromatic heterocycles. The first-order valence-electron chi connectivity index (χ1n) is 15.2. The zero-order chi connectivity index (χ0) is 31.0. The number of aliphatic imine (C=N–C) groups is 1. The van der Waals surface area contributed by atoms with E-state index in [4.69, 9.17) is 37.7 Å². The highest BCUT2D eigenvalue weighted by Gasteiger charge is 2.34. The highest BCUT2D eigenvalue weighted by atomic mass is 35.5. The zero-order valence-corrected chi connectivity index (χ0v) is 26.9. The van der Waals surface area contributed by atoms with Gasteiger partial charge in [0.1, 0.15) is 18.9 Å². The maximum absolute atomic E-state index is 13.9. The Hall–Kier alpha value is -3.09. The number of hydrogen-bond acceptors (Lipinski definition) is 5. The molecule has 2 aromatic rings. The lowest BCUT2D eigenvalue weighted by Crippen LogP contribution is -2.43. The van der Waals surface area contributed by atoms with E-state index in [1.54, 1.807) is 12.1 Å². The van der Waals surface area contributed by atoms with Crippen LogP contribution in [0.4, 0.5) is 0 Å². The molecule has 3 atom stereocenters. The van der Waals surface area contributed by atoms with Crippen LogP contribution in [-0.4, -0.2) is 49.1 Å². The number of carbonyl (C=O) groups is 2. The van der Waals surface area contributed by atoms with Crippen molar-refractivity contribution in [2.24, 2.45) is 22.2 Å². The standard InChI is InChI=1S/C35H42Cl2N2O4/c1-5-9-30(38-22-24(6-2)18-25-10-8-11-28(36)19-25)32(40)26-12-14-35(4,7-3)23-39(15-13-26)34(41)27-20-29(37)33-31(21-27)42-16-17-43-33/h7-11,19-22,24,26H,3,5-6,12-18,23H2,1-2,4H3. The largest absolute Gasteiger partial charge is 0.486 e. The minimum absolute atomic E-state index is 0.0267. The average Bonchev–Trinajstić information content (AvgIpc) is 3.00. The second-order valence-electron chi connectivity index (χ2n) is 11.7. The molecule has 3 unspecified atom stereocenters. The van der Waals surface area contributed by atoms with Crippen LogP contribution in [-0.2, 0) is 11.2 Å². The Morgan fingerprint density at radius 2 is 1.95 bits per heavy atom. The summed E-state index contributed by atoms with van der Waals surface area (Å²) in [5.41, 5.74) is 1.72. The van der Waals surface area contributed by atoms with E-state index in [0.717, 1.165) is 24.8 Å². The Morgan fingerprint density at radius 3 is 2.67 bits per heavy atom. The smallest absolute Gasteiger partial charge is 0.254 e. The molecule has 1 amide bonds. The molecule has 2 aromatic carbocycles. The first-order valence-corrected chi connectivity index (χ1v) is 16.0. The molecule has 1 saturated heterocycles. The molecule has 1 fully saturated rings. The van der Waals surface area contributed by atoms with Crippen molar-refractivity contribution in [3.05, 3.63) is 82.0 Å². The molecular formula is C35H42Cl2N2O4. The highest BCUT2D eigenvalue weighted by molar-refractivity contribution is 6.32. The molecule has 230 valence electrons. The molecule has 6 nitrogen and oxygen atoms in total. The van der Waals surface area contributed by atoms with Crippen LogP contribution >= 0.6 is 23.2 Å². The van der Waals surface area contributed by atoms with Crippen molar-refractivity contribution >= 4 is 41.1 Å². The van der Waals surface area contributed by atoms with Gasteiger partial charge >= 0.3 is 0 Å². The van der Waals surface area contributed by atoms with Crippen LogP contribution < -0.4 is 9.47 Å². The molecule has 0 saturated carbocycles. The summed E-state index contributed by atoms with van der Waals surface area (Å²) in [6.45, 7) is 12.0. The molecule has 0 bridgehead atoms. The summed E-state index contributed by atoms with van der Waals surface area (Å²) in [6, 6.07) is 11.2. The minimum atomic E-state index is -0.353. The number of nitrogens with zero attached hydrogens (tertiary/aromatic N) is 2. The Kier molecular flexibility index (Phi) is 11.5. The fraction of sp³-hybridized carbons (Fsp3) is 0.457. The van der Waals surface area contributed by atoms with Gasteiger partial charge in [-0.15, -0.1) is 6.58 Å². The zero-order valence-electron chi connectivity index (χ0n) is 25.4. The quantitative estimate of drug-likeness (QED) is 0.151. The fourth-order valence-electron chi connectivity index (χ4n) is 5.65. The van der Waals surface area contributed by atoms with Gasteiger partial charge in [-0.25, -0.2) is 0 Å². The van der Waals surface area contributed by atoms with Crippen molar-refractivity contribution in [3.8, 4) is 11.5 Å². The van der Waals surface area contributed by atoms with E-state index >= 15 is 0 Å². The highest BCUT2D eigenvalue weighted by Crippen LogP contribution is 2.39. The van der Waals surface area contributed by atoms with Gasteiger partial charge in [0.15, 0.2) is 17.3 Å². The van der Waals surface area contributed by atoms with Crippen LogP contribution in [0.15, 0.2) is 65.8 Å². The summed E-state index contributed by atoms with van der Waals surface area (Å²) < 4.78 is 11.3. The number of halogens is 2. The molecule has 0 spiro atoms. The Balaban J connectivity index is 1.52. The Bertz CT molecular complexity index is 1390. The molecule has 2 aliphatic rings. The third-order valence-corrected chi connectivity index (χ3v) is 8.86. The molecular weight excluding hydrogens is 583 g/mol. The number of rotatable bonds is 10. The molecule has 0 aliphatic carbocycles. The lowest BCUT2D eigenvalue weighted by atomic mass is 9.78. The van der Waals surface area contributed by atoms with Crippen LogP contribution in [0.1, 0.15) is 68.8 Å². The summed E-state index contributed by atoms with van der Waals surface area (Å²) in [4.78, 5) is 34.3. The third-order valence-electron chi connectivity index (χ3n) is 8.34. The number of allylic oxidation sites excluding steroid dienone is 2.